The number of halogens is 1. The largest absolute Gasteiger partial charge is 0.374 e. The molecule has 2 rings (SSSR count). The Morgan fingerprint density at radius 3 is 2.79 bits per heavy atom. The molecule has 0 saturated carbocycles. The van der Waals surface area contributed by atoms with E-state index in [1.807, 2.05) is 0 Å². The Morgan fingerprint density at radius 1 is 1.58 bits per heavy atom. The van der Waals surface area contributed by atoms with Gasteiger partial charge in [0.25, 0.3) is 11.2 Å². The van der Waals surface area contributed by atoms with Crippen LogP contribution in [0.4, 0.5) is 10.8 Å². The first kappa shape index (κ1) is 13.6. The average Bonchev–Trinajstić information content (AvgIpc) is 2.75. The molecule has 0 amide bonds. The molecule has 0 aliphatic rings. The molecule has 0 aromatic carbocycles. The molecule has 0 unspecified atom stereocenters. The molecule has 100 valence electrons. The van der Waals surface area contributed by atoms with Crippen molar-refractivity contribution in [2.75, 3.05) is 5.73 Å². The third-order valence-electron chi connectivity index (χ3n) is 2.42. The Kier molecular flexibility index (Phi) is 3.62. The highest BCUT2D eigenvalue weighted by molar-refractivity contribution is 9.10. The zero-order valence-corrected chi connectivity index (χ0v) is 12.1. The third kappa shape index (κ3) is 2.63. The van der Waals surface area contributed by atoms with Crippen LogP contribution >= 0.6 is 27.3 Å². The van der Waals surface area contributed by atoms with Crippen molar-refractivity contribution in [3.8, 4) is 0 Å². The highest BCUT2D eigenvalue weighted by Gasteiger charge is 2.19. The highest BCUT2D eigenvalue weighted by atomic mass is 79.9. The van der Waals surface area contributed by atoms with Crippen LogP contribution in [0.2, 0.25) is 0 Å². The minimum Gasteiger partial charge on any atom is -0.374 e. The molecule has 0 radical (unpaired) electrons. The number of hydrogen-bond donors (Lipinski definition) is 1. The van der Waals surface area contributed by atoms with E-state index in [4.69, 9.17) is 5.73 Å². The lowest BCUT2D eigenvalue weighted by Crippen LogP contribution is -2.22. The molecule has 8 nitrogen and oxygen atoms in total. The fourth-order valence-corrected chi connectivity index (χ4v) is 2.52. The predicted molar refractivity (Wildman–Crippen MR) is 73.2 cm³/mol. The van der Waals surface area contributed by atoms with Crippen LogP contribution in [0.1, 0.15) is 10.6 Å². The van der Waals surface area contributed by atoms with Crippen molar-refractivity contribution in [3.63, 3.8) is 0 Å². The van der Waals surface area contributed by atoms with Gasteiger partial charge in [-0.25, -0.2) is 0 Å². The van der Waals surface area contributed by atoms with Gasteiger partial charge in [-0.1, -0.05) is 11.3 Å². The maximum atomic E-state index is 12.0. The van der Waals surface area contributed by atoms with Crippen LogP contribution in [0.3, 0.4) is 0 Å². The van der Waals surface area contributed by atoms with E-state index in [0.29, 0.717) is 10.6 Å². The van der Waals surface area contributed by atoms with Crippen molar-refractivity contribution in [2.24, 2.45) is 0 Å². The SMILES string of the molecule is Cc1c([N+](=O)[O-])cn(Cc2nnc(N)s2)c(=O)c1Br. The molecule has 0 atom stereocenters. The minimum absolute atomic E-state index is 0.0907. The van der Waals surface area contributed by atoms with E-state index >= 15 is 0 Å². The molecule has 0 spiro atoms. The van der Waals surface area contributed by atoms with Crippen LogP contribution < -0.4 is 11.3 Å². The molecule has 2 N–H and O–H groups in total. The van der Waals surface area contributed by atoms with Gasteiger partial charge in [-0.15, -0.1) is 10.2 Å². The lowest BCUT2D eigenvalue weighted by atomic mass is 10.2. The summed E-state index contributed by atoms with van der Waals surface area (Å²) in [6.07, 6.45) is 1.19. The van der Waals surface area contributed by atoms with Crippen LogP contribution in [0.15, 0.2) is 15.5 Å². The molecular weight excluding hydrogens is 338 g/mol. The Bertz CT molecular complexity index is 710. The summed E-state index contributed by atoms with van der Waals surface area (Å²) in [5.74, 6) is 0. The minimum atomic E-state index is -0.537. The smallest absolute Gasteiger partial charge is 0.289 e. The van der Waals surface area contributed by atoms with E-state index in [-0.39, 0.29) is 27.4 Å². The highest BCUT2D eigenvalue weighted by Crippen LogP contribution is 2.23. The summed E-state index contributed by atoms with van der Waals surface area (Å²) in [6, 6.07) is 0. The number of aromatic nitrogens is 3. The fourth-order valence-electron chi connectivity index (χ4n) is 1.48. The Labute approximate surface area is 119 Å². The molecule has 10 heteroatoms. The molecule has 0 bridgehead atoms. The number of anilines is 1. The van der Waals surface area contributed by atoms with E-state index in [1.165, 1.54) is 17.7 Å². The lowest BCUT2D eigenvalue weighted by molar-refractivity contribution is -0.386. The number of nitro groups is 1. The summed E-state index contributed by atoms with van der Waals surface area (Å²) in [5, 5.41) is 19.1. The lowest BCUT2D eigenvalue weighted by Gasteiger charge is -2.06. The van der Waals surface area contributed by atoms with Gasteiger partial charge in [0.1, 0.15) is 5.01 Å². The van der Waals surface area contributed by atoms with Crippen molar-refractivity contribution in [1.82, 2.24) is 14.8 Å². The van der Waals surface area contributed by atoms with E-state index in [2.05, 4.69) is 26.1 Å². The third-order valence-corrected chi connectivity index (χ3v) is 4.10. The molecule has 0 fully saturated rings. The molecule has 0 saturated heterocycles. The first-order chi connectivity index (χ1) is 8.90. The number of nitrogens with zero attached hydrogens (tertiary/aromatic N) is 4. The van der Waals surface area contributed by atoms with Crippen LogP contribution in [0.5, 0.6) is 0 Å². The second kappa shape index (κ2) is 5.05. The maximum absolute atomic E-state index is 12.0. The second-order valence-corrected chi connectivity index (χ2v) is 5.56. The number of pyridine rings is 1. The van der Waals surface area contributed by atoms with Crippen LogP contribution in [-0.4, -0.2) is 19.7 Å². The average molecular weight is 346 g/mol. The number of nitrogens with two attached hydrogens (primary N) is 1. The summed E-state index contributed by atoms with van der Waals surface area (Å²) >= 11 is 4.20. The van der Waals surface area contributed by atoms with Gasteiger partial charge in [-0.3, -0.25) is 14.9 Å². The zero-order chi connectivity index (χ0) is 14.2. The van der Waals surface area contributed by atoms with E-state index in [0.717, 1.165) is 11.3 Å². The first-order valence-electron chi connectivity index (χ1n) is 5.02. The summed E-state index contributed by atoms with van der Waals surface area (Å²) in [7, 11) is 0. The quantitative estimate of drug-likeness (QED) is 0.661. The summed E-state index contributed by atoms with van der Waals surface area (Å²) in [4.78, 5) is 22.4. The van der Waals surface area contributed by atoms with Crippen molar-refractivity contribution < 1.29 is 4.92 Å². The Morgan fingerprint density at radius 2 is 2.26 bits per heavy atom. The van der Waals surface area contributed by atoms with Gasteiger partial charge in [0.05, 0.1) is 22.1 Å². The summed E-state index contributed by atoms with van der Waals surface area (Å²) < 4.78 is 1.37. The molecular formula is C9H8BrN5O3S. The topological polar surface area (TPSA) is 117 Å². The number of nitrogen functional groups attached to an aromatic ring is 1. The molecule has 0 aliphatic heterocycles. The van der Waals surface area contributed by atoms with Gasteiger partial charge in [-0.2, -0.15) is 0 Å². The normalized spacial score (nSPS) is 10.6. The maximum Gasteiger partial charge on any atom is 0.289 e. The van der Waals surface area contributed by atoms with E-state index in [9.17, 15) is 14.9 Å². The second-order valence-electron chi connectivity index (χ2n) is 3.68. The standard InChI is InChI=1S/C9H8BrN5O3S/c1-4-5(15(17)18)2-14(8(16)7(4)10)3-6-12-13-9(11)19-6/h2H,3H2,1H3,(H2,11,13). The van der Waals surface area contributed by atoms with Crippen LogP contribution in [0.25, 0.3) is 0 Å². The summed E-state index contributed by atoms with van der Waals surface area (Å²) in [6.45, 7) is 1.60. The monoisotopic (exact) mass is 345 g/mol. The van der Waals surface area contributed by atoms with Gasteiger partial charge in [0, 0.05) is 5.56 Å². The van der Waals surface area contributed by atoms with Crippen molar-refractivity contribution in [3.05, 3.63) is 41.7 Å². The number of rotatable bonds is 3. The van der Waals surface area contributed by atoms with Crippen LogP contribution in [-0.2, 0) is 6.54 Å². The Hall–Kier alpha value is -1.81. The van der Waals surface area contributed by atoms with Gasteiger partial charge in [0.2, 0.25) is 5.13 Å². The molecule has 0 aliphatic carbocycles. The van der Waals surface area contributed by atoms with Crippen molar-refractivity contribution in [2.45, 2.75) is 13.5 Å². The first-order valence-corrected chi connectivity index (χ1v) is 6.63. The molecule has 2 heterocycles. The van der Waals surface area contributed by atoms with Crippen LogP contribution in [0, 0.1) is 17.0 Å². The summed E-state index contributed by atoms with van der Waals surface area (Å²) in [5.41, 5.74) is 5.24. The van der Waals surface area contributed by atoms with Crippen molar-refractivity contribution >= 4 is 38.1 Å². The van der Waals surface area contributed by atoms with Gasteiger partial charge >= 0.3 is 0 Å². The molecule has 2 aromatic heterocycles. The van der Waals surface area contributed by atoms with Gasteiger partial charge in [-0.05, 0) is 22.9 Å². The zero-order valence-electron chi connectivity index (χ0n) is 9.66. The molecule has 2 aromatic rings. The Balaban J connectivity index is 2.51. The van der Waals surface area contributed by atoms with Gasteiger partial charge in [0.15, 0.2) is 0 Å². The number of hydrogen-bond acceptors (Lipinski definition) is 7. The van der Waals surface area contributed by atoms with Crippen molar-refractivity contribution in [1.29, 1.82) is 0 Å². The predicted octanol–water partition coefficient (Wildman–Crippen LogP) is 1.31. The van der Waals surface area contributed by atoms with E-state index < -0.39 is 4.92 Å². The van der Waals surface area contributed by atoms with E-state index in [1.54, 1.807) is 0 Å². The van der Waals surface area contributed by atoms with Gasteiger partial charge < -0.3 is 10.3 Å². The fraction of sp³-hybridized carbons (Fsp3) is 0.222. The molecule has 19 heavy (non-hydrogen) atoms.